The first kappa shape index (κ1) is 17.3. The minimum atomic E-state index is -0.268. The monoisotopic (exact) mass is 335 g/mol. The number of carbonyl (C=O) groups excluding carboxylic acids is 1. The van der Waals surface area contributed by atoms with Crippen LogP contribution in [0, 0.1) is 0 Å². The molecule has 0 aliphatic carbocycles. The first-order valence-corrected chi connectivity index (χ1v) is 8.83. The third kappa shape index (κ3) is 3.93. The average molecular weight is 335 g/mol. The van der Waals surface area contributed by atoms with Crippen LogP contribution in [0.5, 0.6) is 0 Å². The predicted octanol–water partition coefficient (Wildman–Crippen LogP) is 5.38. The Hall–Kier alpha value is -2.55. The average Bonchev–Trinajstić information content (AvgIpc) is 2.96. The number of fused-ring (bicyclic) bond motifs is 1. The Bertz CT molecular complexity index is 890. The van der Waals surface area contributed by atoms with E-state index in [1.54, 1.807) is 6.07 Å². The van der Waals surface area contributed by atoms with Crippen molar-refractivity contribution < 1.29 is 9.53 Å². The van der Waals surface area contributed by atoms with Crippen LogP contribution in [0.25, 0.3) is 10.9 Å². The molecule has 3 nitrogen and oxygen atoms in total. The number of nitrogens with zero attached hydrogens (tertiary/aromatic N) is 1. The number of benzene rings is 2. The van der Waals surface area contributed by atoms with Crippen LogP contribution < -0.4 is 0 Å². The minimum Gasteiger partial charge on any atom is -0.459 e. The number of hydrogen-bond donors (Lipinski definition) is 0. The summed E-state index contributed by atoms with van der Waals surface area (Å²) in [6, 6.07) is 16.5. The number of rotatable bonds is 5. The highest BCUT2D eigenvalue weighted by Gasteiger charge is 2.10. The van der Waals surface area contributed by atoms with Gasteiger partial charge in [0.1, 0.15) is 0 Å². The highest BCUT2D eigenvalue weighted by Crippen LogP contribution is 2.23. The highest BCUT2D eigenvalue weighted by atomic mass is 16.5. The van der Waals surface area contributed by atoms with Gasteiger partial charge in [0, 0.05) is 18.3 Å². The normalized spacial score (nSPS) is 11.4. The van der Waals surface area contributed by atoms with E-state index in [-0.39, 0.29) is 12.1 Å². The van der Waals surface area contributed by atoms with E-state index in [0.717, 1.165) is 12.1 Å². The Morgan fingerprint density at radius 1 is 1.04 bits per heavy atom. The molecule has 0 N–H and O–H groups in total. The summed E-state index contributed by atoms with van der Waals surface area (Å²) in [5.41, 5.74) is 4.25. The van der Waals surface area contributed by atoms with Gasteiger partial charge in [-0.2, -0.15) is 0 Å². The molecule has 0 fully saturated rings. The Labute approximate surface area is 149 Å². The molecule has 130 valence electrons. The molecule has 0 aliphatic heterocycles. The molecule has 0 aliphatic rings. The summed E-state index contributed by atoms with van der Waals surface area (Å²) in [6.07, 6.45) is 1.99. The van der Waals surface area contributed by atoms with Gasteiger partial charge in [-0.15, -0.1) is 0 Å². The van der Waals surface area contributed by atoms with E-state index < -0.39 is 0 Å². The predicted molar refractivity (Wildman–Crippen MR) is 102 cm³/mol. The minimum absolute atomic E-state index is 0.111. The van der Waals surface area contributed by atoms with Crippen molar-refractivity contribution in [3.8, 4) is 0 Å². The van der Waals surface area contributed by atoms with E-state index >= 15 is 0 Å². The molecule has 3 heteroatoms. The summed E-state index contributed by atoms with van der Waals surface area (Å²) < 4.78 is 7.50. The Morgan fingerprint density at radius 2 is 1.84 bits per heavy atom. The third-order valence-corrected chi connectivity index (χ3v) is 4.32. The first-order chi connectivity index (χ1) is 11.9. The second kappa shape index (κ2) is 7.14. The molecular weight excluding hydrogens is 310 g/mol. The van der Waals surface area contributed by atoms with Crippen LogP contribution in [0.3, 0.4) is 0 Å². The lowest BCUT2D eigenvalue weighted by Gasteiger charge is -2.11. The van der Waals surface area contributed by atoms with Crippen LogP contribution in [-0.4, -0.2) is 16.6 Å². The van der Waals surface area contributed by atoms with Gasteiger partial charge < -0.3 is 9.30 Å². The van der Waals surface area contributed by atoms with Gasteiger partial charge in [-0.1, -0.05) is 32.0 Å². The van der Waals surface area contributed by atoms with Crippen LogP contribution in [0.4, 0.5) is 0 Å². The quantitative estimate of drug-likeness (QED) is 0.586. The zero-order valence-corrected chi connectivity index (χ0v) is 15.3. The Kier molecular flexibility index (Phi) is 4.93. The summed E-state index contributed by atoms with van der Waals surface area (Å²) in [5, 5.41) is 1.25. The number of hydrogen-bond acceptors (Lipinski definition) is 2. The van der Waals surface area contributed by atoms with E-state index in [1.165, 1.54) is 16.5 Å². The molecule has 25 heavy (non-hydrogen) atoms. The van der Waals surface area contributed by atoms with Gasteiger partial charge >= 0.3 is 5.97 Å². The van der Waals surface area contributed by atoms with E-state index in [1.807, 2.05) is 32.0 Å². The largest absolute Gasteiger partial charge is 0.459 e. The number of ether oxygens (including phenoxy) is 1. The molecule has 0 unspecified atom stereocenters. The second-order valence-electron chi connectivity index (χ2n) is 7.07. The zero-order valence-electron chi connectivity index (χ0n) is 15.3. The van der Waals surface area contributed by atoms with Crippen LogP contribution in [-0.2, 0) is 11.3 Å². The van der Waals surface area contributed by atoms with Gasteiger partial charge in [0.25, 0.3) is 0 Å². The fourth-order valence-electron chi connectivity index (χ4n) is 2.99. The standard InChI is InChI=1S/C22H25NO2/c1-15(2)18-8-9-21-19(13-18)10-11-23(21)14-17-6-5-7-20(12-17)22(24)25-16(3)4/h5-13,15-16H,14H2,1-4H3. The van der Waals surface area contributed by atoms with E-state index in [9.17, 15) is 4.79 Å². The van der Waals surface area contributed by atoms with Crippen LogP contribution >= 0.6 is 0 Å². The fourth-order valence-corrected chi connectivity index (χ4v) is 2.99. The van der Waals surface area contributed by atoms with Gasteiger partial charge in [-0.05, 0) is 66.6 Å². The molecule has 0 radical (unpaired) electrons. The van der Waals surface area contributed by atoms with Crippen molar-refractivity contribution in [1.29, 1.82) is 0 Å². The molecule has 2 aromatic carbocycles. The van der Waals surface area contributed by atoms with Crippen LogP contribution in [0.2, 0.25) is 0 Å². The molecular formula is C22H25NO2. The van der Waals surface area contributed by atoms with Gasteiger partial charge in [-0.3, -0.25) is 0 Å². The highest BCUT2D eigenvalue weighted by molar-refractivity contribution is 5.89. The van der Waals surface area contributed by atoms with Crippen molar-refractivity contribution in [2.45, 2.75) is 46.3 Å². The molecule has 0 amide bonds. The lowest BCUT2D eigenvalue weighted by atomic mass is 10.0. The number of aromatic nitrogens is 1. The lowest BCUT2D eigenvalue weighted by molar-refractivity contribution is 0.0378. The Balaban J connectivity index is 1.85. The lowest BCUT2D eigenvalue weighted by Crippen LogP contribution is -2.12. The van der Waals surface area contributed by atoms with Crippen LogP contribution in [0.1, 0.15) is 55.1 Å². The maximum absolute atomic E-state index is 12.1. The maximum atomic E-state index is 12.1. The van der Waals surface area contributed by atoms with E-state index in [0.29, 0.717) is 11.5 Å². The van der Waals surface area contributed by atoms with Crippen molar-refractivity contribution >= 4 is 16.9 Å². The van der Waals surface area contributed by atoms with Gasteiger partial charge in [-0.25, -0.2) is 4.79 Å². The number of esters is 1. The van der Waals surface area contributed by atoms with E-state index in [4.69, 9.17) is 4.74 Å². The summed E-state index contributed by atoms with van der Waals surface area (Å²) in [5.74, 6) is 0.257. The van der Waals surface area contributed by atoms with E-state index in [2.05, 4.69) is 48.9 Å². The molecule has 0 bridgehead atoms. The summed E-state index contributed by atoms with van der Waals surface area (Å²) in [6.45, 7) is 8.87. The molecule has 0 atom stereocenters. The molecule has 3 aromatic rings. The Morgan fingerprint density at radius 3 is 2.56 bits per heavy atom. The molecule has 0 saturated heterocycles. The summed E-state index contributed by atoms with van der Waals surface area (Å²) in [4.78, 5) is 12.1. The van der Waals surface area contributed by atoms with Crippen molar-refractivity contribution in [2.75, 3.05) is 0 Å². The van der Waals surface area contributed by atoms with Crippen molar-refractivity contribution in [1.82, 2.24) is 4.57 Å². The third-order valence-electron chi connectivity index (χ3n) is 4.32. The van der Waals surface area contributed by atoms with Crippen molar-refractivity contribution in [3.63, 3.8) is 0 Å². The van der Waals surface area contributed by atoms with Gasteiger partial charge in [0.2, 0.25) is 0 Å². The second-order valence-corrected chi connectivity index (χ2v) is 7.07. The van der Waals surface area contributed by atoms with Crippen molar-refractivity contribution in [3.05, 3.63) is 71.4 Å². The maximum Gasteiger partial charge on any atom is 0.338 e. The summed E-state index contributed by atoms with van der Waals surface area (Å²) >= 11 is 0. The SMILES string of the molecule is CC(C)OC(=O)c1cccc(Cn2ccc3cc(C(C)C)ccc32)c1. The first-order valence-electron chi connectivity index (χ1n) is 8.83. The topological polar surface area (TPSA) is 31.2 Å². The fraction of sp³-hybridized carbons (Fsp3) is 0.318. The van der Waals surface area contributed by atoms with Gasteiger partial charge in [0.05, 0.1) is 11.7 Å². The zero-order chi connectivity index (χ0) is 18.0. The summed E-state index contributed by atoms with van der Waals surface area (Å²) in [7, 11) is 0. The van der Waals surface area contributed by atoms with Crippen molar-refractivity contribution in [2.24, 2.45) is 0 Å². The van der Waals surface area contributed by atoms with Crippen LogP contribution in [0.15, 0.2) is 54.7 Å². The number of carbonyl (C=O) groups is 1. The smallest absolute Gasteiger partial charge is 0.338 e. The molecule has 1 heterocycles. The molecule has 0 saturated carbocycles. The van der Waals surface area contributed by atoms with Gasteiger partial charge in [0.15, 0.2) is 0 Å². The molecule has 0 spiro atoms. The molecule has 1 aromatic heterocycles. The molecule has 3 rings (SSSR count).